The number of nitro groups is 1. The molecule has 142 valence electrons. The van der Waals surface area contributed by atoms with E-state index in [-0.39, 0.29) is 23.6 Å². The zero-order chi connectivity index (χ0) is 19.1. The fraction of sp³-hybridized carbons (Fsp3) is 0.556. The van der Waals surface area contributed by atoms with Crippen molar-refractivity contribution in [2.24, 2.45) is 10.9 Å². The summed E-state index contributed by atoms with van der Waals surface area (Å²) in [6, 6.07) is 6.57. The van der Waals surface area contributed by atoms with Crippen LogP contribution in [-0.2, 0) is 11.3 Å². The second-order valence-corrected chi connectivity index (χ2v) is 6.69. The standard InChI is InChI=1S/C18H27N5O3/c1-4-19-18(20-11-14-5-7-16(8-6-14)23(25)26)21-15-9-10-22(12-15)17(24)13(2)3/h5-8,13,15H,4,9-12H2,1-3H3,(H2,19,20,21). The number of non-ortho nitro benzene ring substituents is 1. The Hall–Kier alpha value is -2.64. The zero-order valence-electron chi connectivity index (χ0n) is 15.6. The number of carbonyl (C=O) groups is 1. The van der Waals surface area contributed by atoms with E-state index in [4.69, 9.17) is 0 Å². The zero-order valence-corrected chi connectivity index (χ0v) is 15.6. The molecule has 0 saturated carbocycles. The molecule has 26 heavy (non-hydrogen) atoms. The van der Waals surface area contributed by atoms with Crippen molar-refractivity contribution < 1.29 is 9.72 Å². The van der Waals surface area contributed by atoms with Gasteiger partial charge in [-0.2, -0.15) is 0 Å². The van der Waals surface area contributed by atoms with E-state index in [1.54, 1.807) is 12.1 Å². The molecule has 8 nitrogen and oxygen atoms in total. The maximum Gasteiger partial charge on any atom is 0.269 e. The Labute approximate surface area is 153 Å². The molecule has 1 saturated heterocycles. The number of guanidine groups is 1. The van der Waals surface area contributed by atoms with Crippen molar-refractivity contribution in [3.05, 3.63) is 39.9 Å². The van der Waals surface area contributed by atoms with Gasteiger partial charge in [0.25, 0.3) is 5.69 Å². The average Bonchev–Trinajstić information content (AvgIpc) is 3.07. The number of nitro benzene ring substituents is 1. The van der Waals surface area contributed by atoms with Crippen molar-refractivity contribution in [2.45, 2.75) is 39.8 Å². The Morgan fingerprint density at radius 2 is 2.08 bits per heavy atom. The molecule has 1 fully saturated rings. The summed E-state index contributed by atoms with van der Waals surface area (Å²) in [6.45, 7) is 8.42. The highest BCUT2D eigenvalue weighted by molar-refractivity contribution is 5.81. The predicted molar refractivity (Wildman–Crippen MR) is 101 cm³/mol. The van der Waals surface area contributed by atoms with E-state index >= 15 is 0 Å². The molecule has 1 atom stereocenters. The molecule has 8 heteroatoms. The van der Waals surface area contributed by atoms with Gasteiger partial charge in [0.1, 0.15) is 0 Å². The summed E-state index contributed by atoms with van der Waals surface area (Å²) in [7, 11) is 0. The lowest BCUT2D eigenvalue weighted by molar-refractivity contribution is -0.384. The first kappa shape index (κ1) is 19.7. The maximum atomic E-state index is 12.1. The molecule has 1 aliphatic heterocycles. The Balaban J connectivity index is 1.94. The Morgan fingerprint density at radius 3 is 2.65 bits per heavy atom. The van der Waals surface area contributed by atoms with Gasteiger partial charge in [0.15, 0.2) is 5.96 Å². The number of nitrogens with one attached hydrogen (secondary N) is 2. The fourth-order valence-electron chi connectivity index (χ4n) is 2.85. The highest BCUT2D eigenvalue weighted by atomic mass is 16.6. The summed E-state index contributed by atoms with van der Waals surface area (Å²) < 4.78 is 0. The Bertz CT molecular complexity index is 657. The van der Waals surface area contributed by atoms with Gasteiger partial charge in [0, 0.05) is 43.7 Å². The van der Waals surface area contributed by atoms with Crippen LogP contribution in [0.3, 0.4) is 0 Å². The van der Waals surface area contributed by atoms with Crippen LogP contribution in [0.5, 0.6) is 0 Å². The number of amides is 1. The molecule has 0 radical (unpaired) electrons. The van der Waals surface area contributed by atoms with Gasteiger partial charge in [0.2, 0.25) is 5.91 Å². The van der Waals surface area contributed by atoms with Crippen molar-refractivity contribution in [2.75, 3.05) is 19.6 Å². The minimum Gasteiger partial charge on any atom is -0.357 e. The lowest BCUT2D eigenvalue weighted by Gasteiger charge is -2.20. The SMILES string of the molecule is CCNC(=NCc1ccc([N+](=O)[O-])cc1)NC1CCN(C(=O)C(C)C)C1. The summed E-state index contributed by atoms with van der Waals surface area (Å²) in [4.78, 5) is 28.8. The minimum atomic E-state index is -0.414. The van der Waals surface area contributed by atoms with Crippen LogP contribution in [0.25, 0.3) is 0 Å². The van der Waals surface area contributed by atoms with E-state index < -0.39 is 4.92 Å². The molecule has 1 aliphatic rings. The summed E-state index contributed by atoms with van der Waals surface area (Å²) in [5, 5.41) is 17.3. The van der Waals surface area contributed by atoms with Crippen LogP contribution in [-0.4, -0.2) is 47.4 Å². The number of benzene rings is 1. The summed E-state index contributed by atoms with van der Waals surface area (Å²) >= 11 is 0. The first-order valence-electron chi connectivity index (χ1n) is 8.97. The smallest absolute Gasteiger partial charge is 0.269 e. The average molecular weight is 361 g/mol. The molecule has 2 N–H and O–H groups in total. The second kappa shape index (κ2) is 9.17. The quantitative estimate of drug-likeness (QED) is 0.349. The van der Waals surface area contributed by atoms with Crippen molar-refractivity contribution >= 4 is 17.6 Å². The van der Waals surface area contributed by atoms with Gasteiger partial charge in [0.05, 0.1) is 11.5 Å². The van der Waals surface area contributed by atoms with Crippen molar-refractivity contribution in [3.63, 3.8) is 0 Å². The molecule has 1 aromatic rings. The van der Waals surface area contributed by atoms with Crippen LogP contribution in [0, 0.1) is 16.0 Å². The highest BCUT2D eigenvalue weighted by Crippen LogP contribution is 2.14. The van der Waals surface area contributed by atoms with Crippen LogP contribution in [0.15, 0.2) is 29.3 Å². The molecule has 0 aliphatic carbocycles. The molecule has 2 rings (SSSR count). The Kier molecular flexibility index (Phi) is 6.94. The largest absolute Gasteiger partial charge is 0.357 e. The summed E-state index contributed by atoms with van der Waals surface area (Å²) in [5.74, 6) is 0.884. The first-order valence-corrected chi connectivity index (χ1v) is 8.97. The molecule has 0 aromatic heterocycles. The van der Waals surface area contributed by atoms with Crippen LogP contribution < -0.4 is 10.6 Å². The van der Waals surface area contributed by atoms with E-state index in [1.807, 2.05) is 25.7 Å². The van der Waals surface area contributed by atoms with Crippen LogP contribution in [0.1, 0.15) is 32.8 Å². The fourth-order valence-corrected chi connectivity index (χ4v) is 2.85. The van der Waals surface area contributed by atoms with Crippen LogP contribution in [0.4, 0.5) is 5.69 Å². The normalized spacial score (nSPS) is 17.5. The number of aliphatic imine (C=N–C) groups is 1. The van der Waals surface area contributed by atoms with E-state index in [0.717, 1.165) is 25.1 Å². The van der Waals surface area contributed by atoms with E-state index in [2.05, 4.69) is 15.6 Å². The van der Waals surface area contributed by atoms with E-state index in [9.17, 15) is 14.9 Å². The third-order valence-corrected chi connectivity index (χ3v) is 4.25. The number of rotatable bonds is 6. The molecule has 1 amide bonds. The van der Waals surface area contributed by atoms with E-state index in [1.165, 1.54) is 12.1 Å². The number of hydrogen-bond acceptors (Lipinski definition) is 4. The number of nitrogens with zero attached hydrogens (tertiary/aromatic N) is 3. The van der Waals surface area contributed by atoms with Crippen molar-refractivity contribution in [1.82, 2.24) is 15.5 Å². The summed E-state index contributed by atoms with van der Waals surface area (Å²) in [6.07, 6.45) is 0.889. The molecule has 1 aromatic carbocycles. The van der Waals surface area contributed by atoms with Gasteiger partial charge < -0.3 is 15.5 Å². The maximum absolute atomic E-state index is 12.1. The number of hydrogen-bond donors (Lipinski definition) is 2. The molecular formula is C18H27N5O3. The van der Waals surface area contributed by atoms with Gasteiger partial charge in [-0.3, -0.25) is 14.9 Å². The highest BCUT2D eigenvalue weighted by Gasteiger charge is 2.27. The predicted octanol–water partition coefficient (Wildman–Crippen LogP) is 1.91. The van der Waals surface area contributed by atoms with Crippen LogP contribution >= 0.6 is 0 Å². The van der Waals surface area contributed by atoms with Crippen LogP contribution in [0.2, 0.25) is 0 Å². The van der Waals surface area contributed by atoms with Crippen molar-refractivity contribution in [3.8, 4) is 0 Å². The lowest BCUT2D eigenvalue weighted by Crippen LogP contribution is -2.45. The van der Waals surface area contributed by atoms with Gasteiger partial charge in [-0.05, 0) is 18.9 Å². The molecule has 0 spiro atoms. The van der Waals surface area contributed by atoms with E-state index in [0.29, 0.717) is 19.0 Å². The molecular weight excluding hydrogens is 334 g/mol. The van der Waals surface area contributed by atoms with Gasteiger partial charge in [-0.25, -0.2) is 4.99 Å². The van der Waals surface area contributed by atoms with Gasteiger partial charge in [-0.15, -0.1) is 0 Å². The first-order chi connectivity index (χ1) is 12.4. The topological polar surface area (TPSA) is 99.9 Å². The monoisotopic (exact) mass is 361 g/mol. The van der Waals surface area contributed by atoms with Crippen molar-refractivity contribution in [1.29, 1.82) is 0 Å². The molecule has 1 unspecified atom stereocenters. The third kappa shape index (κ3) is 5.44. The lowest BCUT2D eigenvalue weighted by atomic mass is 10.2. The minimum absolute atomic E-state index is 0.0118. The third-order valence-electron chi connectivity index (χ3n) is 4.25. The number of likely N-dealkylation sites (tertiary alicyclic amines) is 1. The summed E-state index contributed by atoms with van der Waals surface area (Å²) in [5.41, 5.74) is 0.972. The van der Waals surface area contributed by atoms with Gasteiger partial charge >= 0.3 is 0 Å². The second-order valence-electron chi connectivity index (χ2n) is 6.69. The molecule has 0 bridgehead atoms. The Morgan fingerprint density at radius 1 is 1.38 bits per heavy atom. The number of carbonyl (C=O) groups excluding carboxylic acids is 1. The molecule has 1 heterocycles. The van der Waals surface area contributed by atoms with Gasteiger partial charge in [-0.1, -0.05) is 26.0 Å².